The molecule has 2 aromatic rings. The number of carbonyl (C=O) groups is 2. The Kier molecular flexibility index (Phi) is 7.16. The first-order valence-corrected chi connectivity index (χ1v) is 9.14. The van der Waals surface area contributed by atoms with Crippen LogP contribution >= 0.6 is 11.3 Å². The number of nitrogens with zero attached hydrogens (tertiary/aromatic N) is 1. The summed E-state index contributed by atoms with van der Waals surface area (Å²) >= 11 is 1.54. The standard InChI is InChI=1S/C19H25N3O2S/c1-14(23)21-16(18-10-7-11-25-18)12-19(24)20-13-17(22(2)3)15-8-5-4-6-9-15/h4-11,16-17H,12-13H2,1-3H3,(H,20,24)(H,21,23)/t16-,17-/m1/s1. The fourth-order valence-corrected chi connectivity index (χ4v) is 3.48. The third-order valence-corrected chi connectivity index (χ3v) is 4.94. The minimum atomic E-state index is -0.285. The van der Waals surface area contributed by atoms with Gasteiger partial charge in [-0.15, -0.1) is 11.3 Å². The lowest BCUT2D eigenvalue weighted by Crippen LogP contribution is -2.37. The first kappa shape index (κ1) is 19.1. The number of amides is 2. The molecule has 2 N–H and O–H groups in total. The van der Waals surface area contributed by atoms with E-state index in [4.69, 9.17) is 0 Å². The van der Waals surface area contributed by atoms with E-state index in [2.05, 4.69) is 27.7 Å². The summed E-state index contributed by atoms with van der Waals surface area (Å²) in [4.78, 5) is 26.9. The monoisotopic (exact) mass is 359 g/mol. The third kappa shape index (κ3) is 5.99. The molecule has 2 amide bonds. The van der Waals surface area contributed by atoms with Crippen LogP contribution in [0.15, 0.2) is 47.8 Å². The quantitative estimate of drug-likeness (QED) is 0.762. The van der Waals surface area contributed by atoms with Crippen molar-refractivity contribution in [2.24, 2.45) is 0 Å². The highest BCUT2D eigenvalue weighted by molar-refractivity contribution is 7.10. The Labute approximate surface area is 153 Å². The van der Waals surface area contributed by atoms with Crippen LogP contribution in [0.3, 0.4) is 0 Å². The molecule has 1 heterocycles. The molecule has 0 aliphatic carbocycles. The number of likely N-dealkylation sites (N-methyl/N-ethyl adjacent to an activating group) is 1. The van der Waals surface area contributed by atoms with Gasteiger partial charge in [0, 0.05) is 18.3 Å². The van der Waals surface area contributed by atoms with Gasteiger partial charge in [0.15, 0.2) is 0 Å². The highest BCUT2D eigenvalue weighted by Gasteiger charge is 2.20. The number of nitrogens with one attached hydrogen (secondary N) is 2. The number of hydrogen-bond acceptors (Lipinski definition) is 4. The lowest BCUT2D eigenvalue weighted by atomic mass is 10.1. The summed E-state index contributed by atoms with van der Waals surface area (Å²) in [5.41, 5.74) is 1.16. The molecule has 6 heteroatoms. The molecule has 0 bridgehead atoms. The zero-order valence-electron chi connectivity index (χ0n) is 14.9. The molecular weight excluding hydrogens is 334 g/mol. The molecule has 1 aromatic carbocycles. The van der Waals surface area contributed by atoms with Crippen molar-refractivity contribution in [2.75, 3.05) is 20.6 Å². The number of carbonyl (C=O) groups excluding carboxylic acids is 2. The van der Waals surface area contributed by atoms with E-state index >= 15 is 0 Å². The van der Waals surface area contributed by atoms with Gasteiger partial charge in [-0.2, -0.15) is 0 Å². The molecule has 0 aliphatic heterocycles. The summed E-state index contributed by atoms with van der Waals surface area (Å²) in [6, 6.07) is 13.8. The average Bonchev–Trinajstić information content (AvgIpc) is 3.09. The van der Waals surface area contributed by atoms with Crippen LogP contribution in [0.4, 0.5) is 0 Å². The Morgan fingerprint density at radius 1 is 1.12 bits per heavy atom. The van der Waals surface area contributed by atoms with E-state index in [-0.39, 0.29) is 30.3 Å². The van der Waals surface area contributed by atoms with Gasteiger partial charge in [-0.25, -0.2) is 0 Å². The summed E-state index contributed by atoms with van der Waals surface area (Å²) < 4.78 is 0. The second-order valence-corrected chi connectivity index (χ2v) is 7.15. The van der Waals surface area contributed by atoms with Gasteiger partial charge < -0.3 is 15.5 Å². The summed E-state index contributed by atoms with van der Waals surface area (Å²) in [5, 5.41) is 7.80. The molecule has 0 radical (unpaired) electrons. The topological polar surface area (TPSA) is 61.4 Å². The van der Waals surface area contributed by atoms with Crippen LogP contribution in [-0.4, -0.2) is 37.4 Å². The first-order valence-electron chi connectivity index (χ1n) is 8.26. The largest absolute Gasteiger partial charge is 0.354 e. The van der Waals surface area contributed by atoms with Crippen LogP contribution in [0.25, 0.3) is 0 Å². The Morgan fingerprint density at radius 3 is 2.40 bits per heavy atom. The molecule has 0 saturated heterocycles. The first-order chi connectivity index (χ1) is 12.0. The van der Waals surface area contributed by atoms with Gasteiger partial charge in [0.2, 0.25) is 11.8 Å². The van der Waals surface area contributed by atoms with Crippen molar-refractivity contribution in [2.45, 2.75) is 25.4 Å². The molecule has 2 rings (SSSR count). The van der Waals surface area contributed by atoms with Gasteiger partial charge in [-0.05, 0) is 31.1 Å². The van der Waals surface area contributed by atoms with E-state index in [0.717, 1.165) is 10.4 Å². The van der Waals surface area contributed by atoms with E-state index in [1.165, 1.54) is 18.3 Å². The van der Waals surface area contributed by atoms with Crippen molar-refractivity contribution in [1.82, 2.24) is 15.5 Å². The Bertz CT molecular complexity index is 671. The van der Waals surface area contributed by atoms with E-state index < -0.39 is 0 Å². The second kappa shape index (κ2) is 9.34. The zero-order valence-corrected chi connectivity index (χ0v) is 15.7. The van der Waals surface area contributed by atoms with Gasteiger partial charge in [0.05, 0.1) is 18.5 Å². The lowest BCUT2D eigenvalue weighted by molar-refractivity contribution is -0.122. The maximum Gasteiger partial charge on any atom is 0.222 e. The molecule has 0 saturated carbocycles. The second-order valence-electron chi connectivity index (χ2n) is 6.17. The van der Waals surface area contributed by atoms with Crippen LogP contribution in [0.1, 0.15) is 35.9 Å². The van der Waals surface area contributed by atoms with Crippen LogP contribution in [0.2, 0.25) is 0 Å². The minimum absolute atomic E-state index is 0.0741. The summed E-state index contributed by atoms with van der Waals surface area (Å²) in [5.74, 6) is -0.211. The summed E-state index contributed by atoms with van der Waals surface area (Å²) in [7, 11) is 3.99. The van der Waals surface area contributed by atoms with Gasteiger partial charge in [-0.1, -0.05) is 36.4 Å². The molecule has 1 aromatic heterocycles. The number of rotatable bonds is 8. The van der Waals surface area contributed by atoms with Crippen molar-refractivity contribution in [3.63, 3.8) is 0 Å². The molecule has 0 aliphatic rings. The molecule has 25 heavy (non-hydrogen) atoms. The normalized spacial score (nSPS) is 13.3. The van der Waals surface area contributed by atoms with Crippen molar-refractivity contribution in [3.05, 3.63) is 58.3 Å². The van der Waals surface area contributed by atoms with Crippen LogP contribution in [0.5, 0.6) is 0 Å². The highest BCUT2D eigenvalue weighted by atomic mass is 32.1. The molecule has 0 spiro atoms. The number of thiophene rings is 1. The van der Waals surface area contributed by atoms with Crippen molar-refractivity contribution < 1.29 is 9.59 Å². The maximum absolute atomic E-state index is 12.4. The molecular formula is C19H25N3O2S. The smallest absolute Gasteiger partial charge is 0.222 e. The maximum atomic E-state index is 12.4. The van der Waals surface area contributed by atoms with E-state index in [1.54, 1.807) is 0 Å². The van der Waals surface area contributed by atoms with Gasteiger partial charge in [0.1, 0.15) is 0 Å². The van der Waals surface area contributed by atoms with Crippen molar-refractivity contribution in [1.29, 1.82) is 0 Å². The van der Waals surface area contributed by atoms with E-state index in [1.807, 2.05) is 49.8 Å². The van der Waals surface area contributed by atoms with E-state index in [0.29, 0.717) is 6.54 Å². The van der Waals surface area contributed by atoms with Crippen LogP contribution in [0, 0.1) is 0 Å². The molecule has 0 fully saturated rings. The molecule has 0 unspecified atom stereocenters. The molecule has 5 nitrogen and oxygen atoms in total. The molecule has 2 atom stereocenters. The van der Waals surface area contributed by atoms with E-state index in [9.17, 15) is 9.59 Å². The SMILES string of the molecule is CC(=O)N[C@H](CC(=O)NC[C@H](c1ccccc1)N(C)C)c1cccs1. The lowest BCUT2D eigenvalue weighted by Gasteiger charge is -2.25. The fourth-order valence-electron chi connectivity index (χ4n) is 2.70. The van der Waals surface area contributed by atoms with Crippen molar-refractivity contribution in [3.8, 4) is 0 Å². The molecule has 134 valence electrons. The number of hydrogen-bond donors (Lipinski definition) is 2. The van der Waals surface area contributed by atoms with Gasteiger partial charge in [0.25, 0.3) is 0 Å². The number of benzene rings is 1. The predicted molar refractivity (Wildman–Crippen MR) is 101 cm³/mol. The Morgan fingerprint density at radius 2 is 1.84 bits per heavy atom. The minimum Gasteiger partial charge on any atom is -0.354 e. The average molecular weight is 359 g/mol. The van der Waals surface area contributed by atoms with Crippen molar-refractivity contribution >= 4 is 23.2 Å². The van der Waals surface area contributed by atoms with Crippen LogP contribution < -0.4 is 10.6 Å². The Balaban J connectivity index is 1.96. The highest BCUT2D eigenvalue weighted by Crippen LogP contribution is 2.22. The van der Waals surface area contributed by atoms with Gasteiger partial charge in [-0.3, -0.25) is 9.59 Å². The fraction of sp³-hybridized carbons (Fsp3) is 0.368. The Hall–Kier alpha value is -2.18. The predicted octanol–water partition coefficient (Wildman–Crippen LogP) is 2.73. The zero-order chi connectivity index (χ0) is 18.2. The summed E-state index contributed by atoms with van der Waals surface area (Å²) in [6.45, 7) is 1.99. The third-order valence-electron chi connectivity index (χ3n) is 3.95. The van der Waals surface area contributed by atoms with Crippen LogP contribution in [-0.2, 0) is 9.59 Å². The van der Waals surface area contributed by atoms with Gasteiger partial charge >= 0.3 is 0 Å². The summed E-state index contributed by atoms with van der Waals surface area (Å²) in [6.07, 6.45) is 0.231.